The van der Waals surface area contributed by atoms with Crippen molar-refractivity contribution in [1.82, 2.24) is 4.90 Å². The summed E-state index contributed by atoms with van der Waals surface area (Å²) in [4.78, 5) is 2.29. The van der Waals surface area contributed by atoms with E-state index < -0.39 is 0 Å². The summed E-state index contributed by atoms with van der Waals surface area (Å²) in [6, 6.07) is 5.96. The van der Waals surface area contributed by atoms with E-state index in [2.05, 4.69) is 11.8 Å². The fraction of sp³-hybridized carbons (Fsp3) is 0.625. The SMILES string of the molecule is CCN(CCOC)CC(N)c1ccc2c(c1)OCCCO2. The molecule has 0 bridgehead atoms. The molecule has 0 aliphatic carbocycles. The van der Waals surface area contributed by atoms with Crippen LogP contribution in [0.25, 0.3) is 0 Å². The highest BCUT2D eigenvalue weighted by Gasteiger charge is 2.15. The maximum Gasteiger partial charge on any atom is 0.161 e. The van der Waals surface area contributed by atoms with Crippen LogP contribution in [0, 0.1) is 0 Å². The average Bonchev–Trinajstić information content (AvgIpc) is 2.75. The topological polar surface area (TPSA) is 57.0 Å². The fourth-order valence-electron chi connectivity index (χ4n) is 2.39. The standard InChI is InChI=1S/C16H26N2O3/c1-3-18(7-10-19-2)12-14(17)13-5-6-15-16(11-13)21-9-4-8-20-15/h5-6,11,14H,3-4,7-10,12,17H2,1-2H3. The first-order valence-electron chi connectivity index (χ1n) is 7.61. The molecule has 1 aromatic rings. The van der Waals surface area contributed by atoms with Crippen molar-refractivity contribution in [3.05, 3.63) is 23.8 Å². The Hall–Kier alpha value is -1.30. The Morgan fingerprint density at radius 1 is 1.29 bits per heavy atom. The Kier molecular flexibility index (Phi) is 6.29. The zero-order chi connectivity index (χ0) is 15.1. The van der Waals surface area contributed by atoms with Gasteiger partial charge in [-0.3, -0.25) is 4.90 Å². The number of nitrogens with two attached hydrogens (primary N) is 1. The molecule has 1 unspecified atom stereocenters. The van der Waals surface area contributed by atoms with Gasteiger partial charge in [0, 0.05) is 32.7 Å². The third-order valence-electron chi connectivity index (χ3n) is 3.71. The first-order chi connectivity index (χ1) is 10.2. The Labute approximate surface area is 127 Å². The number of fused-ring (bicyclic) bond motifs is 1. The molecule has 118 valence electrons. The van der Waals surface area contributed by atoms with Gasteiger partial charge in [-0.25, -0.2) is 0 Å². The van der Waals surface area contributed by atoms with Crippen LogP contribution >= 0.6 is 0 Å². The number of likely N-dealkylation sites (N-methyl/N-ethyl adjacent to an activating group) is 1. The van der Waals surface area contributed by atoms with Gasteiger partial charge in [-0.15, -0.1) is 0 Å². The molecule has 0 saturated heterocycles. The molecule has 0 radical (unpaired) electrons. The molecule has 5 heteroatoms. The molecule has 1 aromatic carbocycles. The molecule has 0 saturated carbocycles. The van der Waals surface area contributed by atoms with E-state index >= 15 is 0 Å². The highest BCUT2D eigenvalue weighted by atomic mass is 16.5. The molecule has 0 aromatic heterocycles. The van der Waals surface area contributed by atoms with Crippen molar-refractivity contribution >= 4 is 0 Å². The van der Waals surface area contributed by atoms with Crippen LogP contribution in [-0.2, 0) is 4.74 Å². The lowest BCUT2D eigenvalue weighted by atomic mass is 10.1. The molecular formula is C16H26N2O3. The molecular weight excluding hydrogens is 268 g/mol. The van der Waals surface area contributed by atoms with Crippen molar-refractivity contribution in [3.63, 3.8) is 0 Å². The van der Waals surface area contributed by atoms with Crippen LogP contribution in [0.2, 0.25) is 0 Å². The van der Waals surface area contributed by atoms with Gasteiger partial charge < -0.3 is 19.9 Å². The second-order valence-electron chi connectivity index (χ2n) is 5.25. The maximum absolute atomic E-state index is 6.34. The van der Waals surface area contributed by atoms with Crippen LogP contribution in [0.4, 0.5) is 0 Å². The molecule has 21 heavy (non-hydrogen) atoms. The van der Waals surface area contributed by atoms with Crippen LogP contribution in [0.1, 0.15) is 24.9 Å². The fourth-order valence-corrected chi connectivity index (χ4v) is 2.39. The van der Waals surface area contributed by atoms with E-state index in [0.29, 0.717) is 13.2 Å². The molecule has 1 aliphatic heterocycles. The lowest BCUT2D eigenvalue weighted by Gasteiger charge is -2.24. The van der Waals surface area contributed by atoms with E-state index in [1.807, 2.05) is 18.2 Å². The molecule has 1 aliphatic rings. The van der Waals surface area contributed by atoms with Crippen molar-refractivity contribution < 1.29 is 14.2 Å². The highest BCUT2D eigenvalue weighted by Crippen LogP contribution is 2.32. The summed E-state index contributed by atoms with van der Waals surface area (Å²) in [6.45, 7) is 6.92. The summed E-state index contributed by atoms with van der Waals surface area (Å²) in [5.74, 6) is 1.62. The molecule has 2 N–H and O–H groups in total. The van der Waals surface area contributed by atoms with Gasteiger partial charge in [0.15, 0.2) is 11.5 Å². The van der Waals surface area contributed by atoms with Crippen LogP contribution in [-0.4, -0.2) is 51.5 Å². The highest BCUT2D eigenvalue weighted by molar-refractivity contribution is 5.44. The zero-order valence-electron chi connectivity index (χ0n) is 13.0. The van der Waals surface area contributed by atoms with Crippen LogP contribution in [0.15, 0.2) is 18.2 Å². The first kappa shape index (κ1) is 16.1. The quantitative estimate of drug-likeness (QED) is 0.831. The summed E-state index contributed by atoms with van der Waals surface area (Å²) < 4.78 is 16.5. The normalized spacial score (nSPS) is 15.8. The van der Waals surface area contributed by atoms with E-state index in [1.165, 1.54) is 0 Å². The Balaban J connectivity index is 2.01. The summed E-state index contributed by atoms with van der Waals surface area (Å²) in [5.41, 5.74) is 7.42. The van der Waals surface area contributed by atoms with E-state index in [4.69, 9.17) is 19.9 Å². The van der Waals surface area contributed by atoms with Gasteiger partial charge in [0.1, 0.15) is 0 Å². The predicted molar refractivity (Wildman–Crippen MR) is 83.0 cm³/mol. The lowest BCUT2D eigenvalue weighted by molar-refractivity contribution is 0.147. The molecule has 2 rings (SSSR count). The van der Waals surface area contributed by atoms with E-state index in [0.717, 1.165) is 49.7 Å². The smallest absolute Gasteiger partial charge is 0.161 e. The van der Waals surface area contributed by atoms with Crippen LogP contribution in [0.5, 0.6) is 11.5 Å². The van der Waals surface area contributed by atoms with Gasteiger partial charge in [0.25, 0.3) is 0 Å². The molecule has 1 heterocycles. The average molecular weight is 294 g/mol. The molecule has 5 nitrogen and oxygen atoms in total. The number of hydrogen-bond donors (Lipinski definition) is 1. The van der Waals surface area contributed by atoms with Gasteiger partial charge in [-0.05, 0) is 24.2 Å². The van der Waals surface area contributed by atoms with Gasteiger partial charge in [-0.2, -0.15) is 0 Å². The number of hydrogen-bond acceptors (Lipinski definition) is 5. The van der Waals surface area contributed by atoms with Gasteiger partial charge >= 0.3 is 0 Å². The second-order valence-corrected chi connectivity index (χ2v) is 5.25. The van der Waals surface area contributed by atoms with Crippen molar-refractivity contribution in [2.24, 2.45) is 5.73 Å². The summed E-state index contributed by atoms with van der Waals surface area (Å²) >= 11 is 0. The number of benzene rings is 1. The van der Waals surface area contributed by atoms with Gasteiger partial charge in [0.2, 0.25) is 0 Å². The minimum Gasteiger partial charge on any atom is -0.490 e. The van der Waals surface area contributed by atoms with Crippen molar-refractivity contribution in [2.75, 3.05) is 46.6 Å². The minimum absolute atomic E-state index is 0.0426. The third kappa shape index (κ3) is 4.59. The number of ether oxygens (including phenoxy) is 3. The predicted octanol–water partition coefficient (Wildman–Crippen LogP) is 1.82. The Morgan fingerprint density at radius 2 is 2.05 bits per heavy atom. The van der Waals surface area contributed by atoms with Crippen molar-refractivity contribution in [3.8, 4) is 11.5 Å². The number of nitrogens with zero attached hydrogens (tertiary/aromatic N) is 1. The van der Waals surface area contributed by atoms with Gasteiger partial charge in [0.05, 0.1) is 19.8 Å². The van der Waals surface area contributed by atoms with Crippen LogP contribution < -0.4 is 15.2 Å². The Morgan fingerprint density at radius 3 is 2.76 bits per heavy atom. The van der Waals surface area contributed by atoms with E-state index in [-0.39, 0.29) is 6.04 Å². The first-order valence-corrected chi connectivity index (χ1v) is 7.61. The summed E-state index contributed by atoms with van der Waals surface area (Å²) in [5, 5.41) is 0. The zero-order valence-corrected chi connectivity index (χ0v) is 13.0. The van der Waals surface area contributed by atoms with E-state index in [9.17, 15) is 0 Å². The molecule has 1 atom stereocenters. The van der Waals surface area contributed by atoms with Crippen LogP contribution in [0.3, 0.4) is 0 Å². The Bertz CT molecular complexity index is 440. The third-order valence-corrected chi connectivity index (χ3v) is 3.71. The van der Waals surface area contributed by atoms with E-state index in [1.54, 1.807) is 7.11 Å². The summed E-state index contributed by atoms with van der Waals surface area (Å²) in [7, 11) is 1.72. The molecule has 0 fully saturated rings. The minimum atomic E-state index is -0.0426. The van der Waals surface area contributed by atoms with Crippen molar-refractivity contribution in [1.29, 1.82) is 0 Å². The molecule has 0 spiro atoms. The monoisotopic (exact) mass is 294 g/mol. The largest absolute Gasteiger partial charge is 0.490 e. The van der Waals surface area contributed by atoms with Gasteiger partial charge in [-0.1, -0.05) is 13.0 Å². The lowest BCUT2D eigenvalue weighted by Crippen LogP contribution is -2.34. The molecule has 0 amide bonds. The maximum atomic E-state index is 6.34. The number of methoxy groups -OCH3 is 1. The second kappa shape index (κ2) is 8.22. The number of rotatable bonds is 7. The van der Waals surface area contributed by atoms with Crippen molar-refractivity contribution in [2.45, 2.75) is 19.4 Å². The summed E-state index contributed by atoms with van der Waals surface area (Å²) in [6.07, 6.45) is 0.913.